The fourth-order valence-corrected chi connectivity index (χ4v) is 2.39. The highest BCUT2D eigenvalue weighted by molar-refractivity contribution is 6.63. The number of benzene rings is 2. The second-order valence-corrected chi connectivity index (χ2v) is 6.77. The third-order valence-electron chi connectivity index (χ3n) is 3.77. The molecule has 0 aliphatic rings. The third-order valence-corrected chi connectivity index (χ3v) is 3.96. The summed E-state index contributed by atoms with van der Waals surface area (Å²) in [5, 5.41) is -0.371. The molecule has 2 rings (SSSR count). The van der Waals surface area contributed by atoms with Gasteiger partial charge >= 0.3 is 0 Å². The van der Waals surface area contributed by atoms with E-state index in [2.05, 4.69) is 19.9 Å². The summed E-state index contributed by atoms with van der Waals surface area (Å²) in [5.74, 6) is 0.834. The van der Waals surface area contributed by atoms with Crippen LogP contribution in [0.2, 0.25) is 0 Å². The van der Waals surface area contributed by atoms with Crippen LogP contribution < -0.4 is 4.74 Å². The molecule has 0 spiro atoms. The average molecular weight is 347 g/mol. The molecule has 0 unspecified atom stereocenters. The van der Waals surface area contributed by atoms with Crippen molar-refractivity contribution < 1.29 is 14.3 Å². The molecule has 128 valence electrons. The van der Waals surface area contributed by atoms with Crippen LogP contribution in [0.1, 0.15) is 31.4 Å². The maximum absolute atomic E-state index is 10.7. The van der Waals surface area contributed by atoms with E-state index in [9.17, 15) is 4.79 Å². The van der Waals surface area contributed by atoms with Gasteiger partial charge < -0.3 is 9.47 Å². The monoisotopic (exact) mass is 346 g/mol. The van der Waals surface area contributed by atoms with Crippen molar-refractivity contribution in [1.29, 1.82) is 0 Å². The van der Waals surface area contributed by atoms with Crippen LogP contribution in [0, 0.1) is 0 Å². The van der Waals surface area contributed by atoms with Crippen molar-refractivity contribution in [1.82, 2.24) is 0 Å². The van der Waals surface area contributed by atoms with Crippen molar-refractivity contribution in [3.8, 4) is 5.75 Å². The maximum atomic E-state index is 10.7. The SMILES string of the molecule is CC(C)(COCCC(=O)Cl)c1cccc(OCc2ccccc2)c1. The molecule has 0 aliphatic carbocycles. The molecule has 0 radical (unpaired) electrons. The minimum Gasteiger partial charge on any atom is -0.489 e. The number of carbonyl (C=O) groups is 1. The number of halogens is 1. The highest BCUT2D eigenvalue weighted by Crippen LogP contribution is 2.27. The summed E-state index contributed by atoms with van der Waals surface area (Å²) < 4.78 is 11.5. The molecule has 3 nitrogen and oxygen atoms in total. The molecule has 0 saturated carbocycles. The van der Waals surface area contributed by atoms with Gasteiger partial charge in [-0.3, -0.25) is 4.79 Å². The predicted octanol–water partition coefficient (Wildman–Crippen LogP) is 4.72. The van der Waals surface area contributed by atoms with Crippen LogP contribution in [-0.2, 0) is 21.6 Å². The molecule has 2 aromatic carbocycles. The minimum atomic E-state index is -0.371. The van der Waals surface area contributed by atoms with Gasteiger partial charge in [0.15, 0.2) is 0 Å². The molecule has 4 heteroatoms. The van der Waals surface area contributed by atoms with Gasteiger partial charge in [-0.1, -0.05) is 56.3 Å². The highest BCUT2D eigenvalue weighted by atomic mass is 35.5. The summed E-state index contributed by atoms with van der Waals surface area (Å²) in [4.78, 5) is 10.7. The van der Waals surface area contributed by atoms with Crippen LogP contribution in [0.5, 0.6) is 5.75 Å². The van der Waals surface area contributed by atoms with E-state index in [-0.39, 0.29) is 17.1 Å². The van der Waals surface area contributed by atoms with Crippen LogP contribution >= 0.6 is 11.6 Å². The lowest BCUT2D eigenvalue weighted by molar-refractivity contribution is -0.112. The fraction of sp³-hybridized carbons (Fsp3) is 0.350. The molecular weight excluding hydrogens is 324 g/mol. The van der Waals surface area contributed by atoms with Gasteiger partial charge in [0.25, 0.3) is 0 Å². The Morgan fingerprint density at radius 2 is 1.83 bits per heavy atom. The summed E-state index contributed by atoms with van der Waals surface area (Å²) >= 11 is 5.32. The third kappa shape index (κ3) is 5.99. The van der Waals surface area contributed by atoms with Gasteiger partial charge in [-0.05, 0) is 34.9 Å². The van der Waals surface area contributed by atoms with Crippen molar-refractivity contribution in [2.24, 2.45) is 0 Å². The largest absolute Gasteiger partial charge is 0.489 e. The van der Waals surface area contributed by atoms with Crippen LogP contribution in [0.25, 0.3) is 0 Å². The number of hydrogen-bond donors (Lipinski definition) is 0. The lowest BCUT2D eigenvalue weighted by Gasteiger charge is -2.25. The Morgan fingerprint density at radius 3 is 2.54 bits per heavy atom. The van der Waals surface area contributed by atoms with Gasteiger partial charge in [-0.25, -0.2) is 0 Å². The zero-order valence-corrected chi connectivity index (χ0v) is 14.9. The number of rotatable bonds is 9. The van der Waals surface area contributed by atoms with Gasteiger partial charge in [0.2, 0.25) is 5.24 Å². The number of hydrogen-bond acceptors (Lipinski definition) is 3. The molecule has 0 aliphatic heterocycles. The summed E-state index contributed by atoms with van der Waals surface area (Å²) in [7, 11) is 0. The van der Waals surface area contributed by atoms with Gasteiger partial charge in [0.1, 0.15) is 12.4 Å². The smallest absolute Gasteiger partial charge is 0.223 e. The molecule has 0 bridgehead atoms. The molecule has 0 heterocycles. The van der Waals surface area contributed by atoms with E-state index in [1.54, 1.807) is 0 Å². The molecule has 0 aromatic heterocycles. The molecule has 0 saturated heterocycles. The van der Waals surface area contributed by atoms with E-state index in [4.69, 9.17) is 21.1 Å². The first-order chi connectivity index (χ1) is 11.5. The van der Waals surface area contributed by atoms with E-state index in [1.165, 1.54) is 0 Å². The Kier molecular flexibility index (Phi) is 6.83. The van der Waals surface area contributed by atoms with Crippen LogP contribution in [0.3, 0.4) is 0 Å². The van der Waals surface area contributed by atoms with E-state index in [0.717, 1.165) is 16.9 Å². The van der Waals surface area contributed by atoms with E-state index in [0.29, 0.717) is 19.8 Å². The first-order valence-electron chi connectivity index (χ1n) is 8.01. The Balaban J connectivity index is 1.94. The summed E-state index contributed by atoms with van der Waals surface area (Å²) in [6.07, 6.45) is 0.234. The topological polar surface area (TPSA) is 35.5 Å². The van der Waals surface area contributed by atoms with Crippen molar-refractivity contribution in [2.45, 2.75) is 32.3 Å². The zero-order valence-electron chi connectivity index (χ0n) is 14.1. The van der Waals surface area contributed by atoms with Gasteiger partial charge in [-0.2, -0.15) is 0 Å². The molecular formula is C20H23ClO3. The molecule has 0 N–H and O–H groups in total. The molecule has 0 fully saturated rings. The van der Waals surface area contributed by atoms with Crippen LogP contribution in [0.15, 0.2) is 54.6 Å². The van der Waals surface area contributed by atoms with Crippen molar-refractivity contribution in [3.05, 3.63) is 65.7 Å². The highest BCUT2D eigenvalue weighted by Gasteiger charge is 2.21. The fourth-order valence-electron chi connectivity index (χ4n) is 2.31. The van der Waals surface area contributed by atoms with Gasteiger partial charge in [0.05, 0.1) is 13.2 Å². The lowest BCUT2D eigenvalue weighted by Crippen LogP contribution is -2.25. The Labute approximate surface area is 148 Å². The summed E-state index contributed by atoms with van der Waals surface area (Å²) in [6, 6.07) is 18.1. The molecule has 0 amide bonds. The van der Waals surface area contributed by atoms with E-state index in [1.807, 2.05) is 48.5 Å². The maximum Gasteiger partial charge on any atom is 0.223 e. The van der Waals surface area contributed by atoms with Crippen molar-refractivity contribution >= 4 is 16.8 Å². The standard InChI is InChI=1S/C20H23ClO3/c1-20(2,15-23-12-11-19(21)22)17-9-6-10-18(13-17)24-14-16-7-4-3-5-8-16/h3-10,13H,11-12,14-15H2,1-2H3. The average Bonchev–Trinajstić information content (AvgIpc) is 2.58. The van der Waals surface area contributed by atoms with E-state index >= 15 is 0 Å². The summed E-state index contributed by atoms with van der Waals surface area (Å²) in [6.45, 7) is 5.60. The Hall–Kier alpha value is -1.84. The molecule has 2 aromatic rings. The van der Waals surface area contributed by atoms with Crippen LogP contribution in [-0.4, -0.2) is 18.5 Å². The predicted molar refractivity (Wildman–Crippen MR) is 96.5 cm³/mol. The normalized spacial score (nSPS) is 11.3. The van der Waals surface area contributed by atoms with Gasteiger partial charge in [0, 0.05) is 11.8 Å². The molecule has 0 atom stereocenters. The van der Waals surface area contributed by atoms with E-state index < -0.39 is 0 Å². The summed E-state index contributed by atoms with van der Waals surface area (Å²) in [5.41, 5.74) is 2.09. The van der Waals surface area contributed by atoms with Crippen molar-refractivity contribution in [2.75, 3.05) is 13.2 Å². The Bertz CT molecular complexity index is 653. The number of ether oxygens (including phenoxy) is 2. The second kappa shape index (κ2) is 8.86. The number of carbonyl (C=O) groups excluding carboxylic acids is 1. The molecule has 24 heavy (non-hydrogen) atoms. The van der Waals surface area contributed by atoms with Crippen LogP contribution in [0.4, 0.5) is 0 Å². The Morgan fingerprint density at radius 1 is 1.08 bits per heavy atom. The van der Waals surface area contributed by atoms with Gasteiger partial charge in [-0.15, -0.1) is 0 Å². The van der Waals surface area contributed by atoms with Crippen molar-refractivity contribution in [3.63, 3.8) is 0 Å². The second-order valence-electron chi connectivity index (χ2n) is 6.34. The minimum absolute atomic E-state index is 0.179. The zero-order chi connectivity index (χ0) is 17.4. The lowest BCUT2D eigenvalue weighted by atomic mass is 9.85. The quantitative estimate of drug-likeness (QED) is 0.487. The first kappa shape index (κ1) is 18.5. The first-order valence-corrected chi connectivity index (χ1v) is 8.38.